The third kappa shape index (κ3) is 4.13. The van der Waals surface area contributed by atoms with Crippen molar-refractivity contribution in [2.24, 2.45) is 0 Å². The van der Waals surface area contributed by atoms with Gasteiger partial charge in [0.2, 0.25) is 5.91 Å². The van der Waals surface area contributed by atoms with E-state index in [0.29, 0.717) is 12.6 Å². The van der Waals surface area contributed by atoms with Gasteiger partial charge in [0, 0.05) is 38.8 Å². The number of ether oxygens (including phenoxy) is 2. The molecule has 3 atom stereocenters. The SMILES string of the molecule is CN(C)C(=O)COC[C@@H]1CC[C@H]2[C@H](CCN2Cc2ccoc2)O1. The highest BCUT2D eigenvalue weighted by Crippen LogP contribution is 2.32. The molecule has 2 fully saturated rings. The molecule has 23 heavy (non-hydrogen) atoms. The average Bonchev–Trinajstić information content (AvgIpc) is 3.17. The highest BCUT2D eigenvalue weighted by Gasteiger charge is 2.39. The summed E-state index contributed by atoms with van der Waals surface area (Å²) < 4.78 is 16.9. The standard InChI is InChI=1S/C17H26N2O4/c1-18(2)17(20)12-22-11-14-3-4-15-16(23-14)5-7-19(15)9-13-6-8-21-10-13/h6,8,10,14-16H,3-5,7,9,11-12H2,1-2H3/t14-,15-,16-/m0/s1. The number of likely N-dealkylation sites (tertiary alicyclic amines) is 1. The van der Waals surface area contributed by atoms with Crippen LogP contribution in [0, 0.1) is 0 Å². The molecule has 3 rings (SSSR count). The molecule has 0 radical (unpaired) electrons. The lowest BCUT2D eigenvalue weighted by atomic mass is 9.99. The summed E-state index contributed by atoms with van der Waals surface area (Å²) in [5.74, 6) is -0.00848. The molecule has 0 saturated carbocycles. The van der Waals surface area contributed by atoms with E-state index in [1.54, 1.807) is 25.3 Å². The second kappa shape index (κ2) is 7.47. The van der Waals surface area contributed by atoms with Crippen molar-refractivity contribution in [3.63, 3.8) is 0 Å². The molecule has 128 valence electrons. The molecule has 2 aliphatic heterocycles. The fraction of sp³-hybridized carbons (Fsp3) is 0.706. The number of furan rings is 1. The van der Waals surface area contributed by atoms with E-state index >= 15 is 0 Å². The van der Waals surface area contributed by atoms with Gasteiger partial charge in [-0.2, -0.15) is 0 Å². The van der Waals surface area contributed by atoms with Crippen molar-refractivity contribution in [2.45, 2.75) is 44.1 Å². The number of carbonyl (C=O) groups is 1. The van der Waals surface area contributed by atoms with Gasteiger partial charge in [-0.05, 0) is 25.3 Å². The highest BCUT2D eigenvalue weighted by molar-refractivity contribution is 5.76. The Hall–Kier alpha value is -1.37. The van der Waals surface area contributed by atoms with E-state index in [0.717, 1.165) is 32.4 Å². The van der Waals surface area contributed by atoms with Gasteiger partial charge in [0.05, 0.1) is 31.3 Å². The second-order valence-electron chi connectivity index (χ2n) is 6.64. The Balaban J connectivity index is 1.42. The van der Waals surface area contributed by atoms with Crippen LogP contribution >= 0.6 is 0 Å². The Kier molecular flexibility index (Phi) is 5.35. The van der Waals surface area contributed by atoms with E-state index < -0.39 is 0 Å². The molecule has 1 aromatic heterocycles. The molecule has 6 nitrogen and oxygen atoms in total. The molecule has 0 bridgehead atoms. The van der Waals surface area contributed by atoms with Crippen LogP contribution in [0.3, 0.4) is 0 Å². The summed E-state index contributed by atoms with van der Waals surface area (Å²) in [6, 6.07) is 2.51. The predicted octanol–water partition coefficient (Wildman–Crippen LogP) is 1.51. The van der Waals surface area contributed by atoms with E-state index in [2.05, 4.69) is 4.90 Å². The van der Waals surface area contributed by atoms with Crippen molar-refractivity contribution in [1.82, 2.24) is 9.80 Å². The van der Waals surface area contributed by atoms with Crippen LogP contribution in [0.1, 0.15) is 24.8 Å². The number of rotatable bonds is 6. The number of likely N-dealkylation sites (N-methyl/N-ethyl adjacent to an activating group) is 1. The van der Waals surface area contributed by atoms with Crippen LogP contribution in [0.2, 0.25) is 0 Å². The summed E-state index contributed by atoms with van der Waals surface area (Å²) in [7, 11) is 3.47. The van der Waals surface area contributed by atoms with E-state index in [9.17, 15) is 4.79 Å². The van der Waals surface area contributed by atoms with E-state index in [1.807, 2.05) is 12.3 Å². The van der Waals surface area contributed by atoms with Gasteiger partial charge in [-0.25, -0.2) is 0 Å². The first kappa shape index (κ1) is 16.5. The number of nitrogens with zero attached hydrogens (tertiary/aromatic N) is 2. The van der Waals surface area contributed by atoms with Crippen LogP contribution in [0.25, 0.3) is 0 Å². The van der Waals surface area contributed by atoms with Crippen LogP contribution in [0.15, 0.2) is 23.0 Å². The van der Waals surface area contributed by atoms with E-state index in [4.69, 9.17) is 13.9 Å². The van der Waals surface area contributed by atoms with Crippen molar-refractivity contribution in [2.75, 3.05) is 33.9 Å². The van der Waals surface area contributed by atoms with Crippen molar-refractivity contribution in [1.29, 1.82) is 0 Å². The lowest BCUT2D eigenvalue weighted by Gasteiger charge is -2.35. The molecule has 0 spiro atoms. The monoisotopic (exact) mass is 322 g/mol. The minimum absolute atomic E-state index is 0.00848. The lowest BCUT2D eigenvalue weighted by molar-refractivity contribution is -0.138. The van der Waals surface area contributed by atoms with Crippen molar-refractivity contribution < 1.29 is 18.7 Å². The van der Waals surface area contributed by atoms with Crippen LogP contribution in [-0.4, -0.2) is 67.8 Å². The molecule has 2 saturated heterocycles. The summed E-state index contributed by atoms with van der Waals surface area (Å²) in [6.07, 6.45) is 7.11. The molecule has 0 aliphatic carbocycles. The van der Waals surface area contributed by atoms with Crippen molar-refractivity contribution in [3.8, 4) is 0 Å². The smallest absolute Gasteiger partial charge is 0.248 e. The van der Waals surface area contributed by atoms with Crippen LogP contribution in [0.5, 0.6) is 0 Å². The van der Waals surface area contributed by atoms with Gasteiger partial charge in [0.1, 0.15) is 6.61 Å². The predicted molar refractivity (Wildman–Crippen MR) is 84.9 cm³/mol. The summed E-state index contributed by atoms with van der Waals surface area (Å²) >= 11 is 0. The van der Waals surface area contributed by atoms with Gasteiger partial charge >= 0.3 is 0 Å². The number of hydrogen-bond donors (Lipinski definition) is 0. The van der Waals surface area contributed by atoms with Gasteiger partial charge in [0.25, 0.3) is 0 Å². The first-order valence-corrected chi connectivity index (χ1v) is 8.32. The fourth-order valence-corrected chi connectivity index (χ4v) is 3.43. The van der Waals surface area contributed by atoms with Gasteiger partial charge in [-0.1, -0.05) is 0 Å². The zero-order chi connectivity index (χ0) is 16.2. The van der Waals surface area contributed by atoms with Crippen LogP contribution in [0.4, 0.5) is 0 Å². The maximum atomic E-state index is 11.5. The molecule has 6 heteroatoms. The number of carbonyl (C=O) groups excluding carboxylic acids is 1. The Bertz CT molecular complexity index is 503. The van der Waals surface area contributed by atoms with Crippen molar-refractivity contribution in [3.05, 3.63) is 24.2 Å². The summed E-state index contributed by atoms with van der Waals surface area (Å²) in [6.45, 7) is 2.63. The summed E-state index contributed by atoms with van der Waals surface area (Å²) in [4.78, 5) is 15.5. The molecule has 0 N–H and O–H groups in total. The van der Waals surface area contributed by atoms with Crippen molar-refractivity contribution >= 4 is 5.91 Å². The third-order valence-corrected chi connectivity index (χ3v) is 4.74. The number of amides is 1. The number of hydrogen-bond acceptors (Lipinski definition) is 5. The highest BCUT2D eigenvalue weighted by atomic mass is 16.5. The minimum Gasteiger partial charge on any atom is -0.472 e. The largest absolute Gasteiger partial charge is 0.472 e. The van der Waals surface area contributed by atoms with E-state index in [1.165, 1.54) is 5.56 Å². The Morgan fingerprint density at radius 1 is 1.39 bits per heavy atom. The first-order chi connectivity index (χ1) is 11.1. The molecule has 1 amide bonds. The maximum Gasteiger partial charge on any atom is 0.248 e. The normalized spacial score (nSPS) is 27.8. The topological polar surface area (TPSA) is 55.2 Å². The van der Waals surface area contributed by atoms with Gasteiger partial charge in [0.15, 0.2) is 0 Å². The maximum absolute atomic E-state index is 11.5. The zero-order valence-electron chi connectivity index (χ0n) is 13.9. The summed E-state index contributed by atoms with van der Waals surface area (Å²) in [5, 5.41) is 0. The summed E-state index contributed by atoms with van der Waals surface area (Å²) in [5.41, 5.74) is 1.22. The molecule has 2 aliphatic rings. The Morgan fingerprint density at radius 3 is 3.00 bits per heavy atom. The zero-order valence-corrected chi connectivity index (χ0v) is 13.9. The molecule has 0 aromatic carbocycles. The fourth-order valence-electron chi connectivity index (χ4n) is 3.43. The average molecular weight is 322 g/mol. The van der Waals surface area contributed by atoms with Crippen LogP contribution in [-0.2, 0) is 20.8 Å². The molecule has 0 unspecified atom stereocenters. The third-order valence-electron chi connectivity index (χ3n) is 4.74. The molecule has 1 aromatic rings. The molecule has 3 heterocycles. The van der Waals surface area contributed by atoms with E-state index in [-0.39, 0.29) is 24.7 Å². The molecular weight excluding hydrogens is 296 g/mol. The van der Waals surface area contributed by atoms with Gasteiger partial charge in [-0.15, -0.1) is 0 Å². The Morgan fingerprint density at radius 2 is 2.26 bits per heavy atom. The minimum atomic E-state index is -0.00848. The first-order valence-electron chi connectivity index (χ1n) is 8.32. The quantitative estimate of drug-likeness (QED) is 0.794. The number of fused-ring (bicyclic) bond motifs is 1. The van der Waals surface area contributed by atoms with Crippen LogP contribution < -0.4 is 0 Å². The lowest BCUT2D eigenvalue weighted by Crippen LogP contribution is -2.43. The van der Waals surface area contributed by atoms with Gasteiger partial charge in [-0.3, -0.25) is 9.69 Å². The second-order valence-corrected chi connectivity index (χ2v) is 6.64. The Labute approximate surface area is 137 Å². The van der Waals surface area contributed by atoms with Gasteiger partial charge < -0.3 is 18.8 Å². The molecular formula is C17H26N2O4.